The van der Waals surface area contributed by atoms with Crippen LogP contribution in [0.15, 0.2) is 58.3 Å². The first-order chi connectivity index (χ1) is 11.2. The molecule has 2 aromatic rings. The molecule has 0 radical (unpaired) electrons. The highest BCUT2D eigenvalue weighted by Crippen LogP contribution is 2.29. The SMILES string of the molecule is NC(=O)NN1S(=O)(=O)c2ccc(cc2)Oc2ccc(cc2)S1(=O)=O. The van der Waals surface area contributed by atoms with E-state index >= 15 is 0 Å². The molecule has 126 valence electrons. The van der Waals surface area contributed by atoms with Crippen LogP contribution in [0.25, 0.3) is 0 Å². The highest BCUT2D eigenvalue weighted by atomic mass is 32.3. The molecule has 2 amide bonds. The lowest BCUT2D eigenvalue weighted by atomic mass is 10.3. The summed E-state index contributed by atoms with van der Waals surface area (Å²) in [6, 6.07) is 8.72. The molecular formula is C13H11N3O6S2. The largest absolute Gasteiger partial charge is 0.457 e. The van der Waals surface area contributed by atoms with E-state index in [1.165, 1.54) is 24.3 Å². The average molecular weight is 369 g/mol. The maximum Gasteiger partial charge on any atom is 0.328 e. The Labute approximate surface area is 137 Å². The van der Waals surface area contributed by atoms with E-state index in [1.807, 2.05) is 0 Å². The van der Waals surface area contributed by atoms with Crippen molar-refractivity contribution in [1.29, 1.82) is 0 Å². The number of nitrogens with two attached hydrogens (primary N) is 1. The van der Waals surface area contributed by atoms with Gasteiger partial charge in [-0.1, -0.05) is 0 Å². The van der Waals surface area contributed by atoms with Gasteiger partial charge in [-0.3, -0.25) is 0 Å². The highest BCUT2D eigenvalue weighted by molar-refractivity contribution is 8.04. The minimum Gasteiger partial charge on any atom is -0.457 e. The molecule has 6 rings (SSSR count). The van der Waals surface area contributed by atoms with Crippen molar-refractivity contribution >= 4 is 26.1 Å². The predicted molar refractivity (Wildman–Crippen MR) is 81.9 cm³/mol. The van der Waals surface area contributed by atoms with Crippen molar-refractivity contribution in [3.63, 3.8) is 0 Å². The molecule has 0 saturated carbocycles. The first kappa shape index (κ1) is 16.2. The van der Waals surface area contributed by atoms with Crippen LogP contribution in [0.5, 0.6) is 11.5 Å². The third-order valence-electron chi connectivity index (χ3n) is 3.12. The molecule has 4 heterocycles. The van der Waals surface area contributed by atoms with E-state index < -0.39 is 26.1 Å². The summed E-state index contributed by atoms with van der Waals surface area (Å²) in [7, 11) is -9.24. The quantitative estimate of drug-likeness (QED) is 0.761. The summed E-state index contributed by atoms with van der Waals surface area (Å²) >= 11 is 0. The first-order valence-electron chi connectivity index (χ1n) is 6.46. The first-order valence-corrected chi connectivity index (χ1v) is 9.34. The fourth-order valence-corrected chi connectivity index (χ4v) is 5.34. The lowest BCUT2D eigenvalue weighted by Gasteiger charge is -2.22. The molecule has 24 heavy (non-hydrogen) atoms. The Hall–Kier alpha value is -2.63. The van der Waals surface area contributed by atoms with Gasteiger partial charge in [-0.2, -0.15) is 0 Å². The Morgan fingerprint density at radius 2 is 1.21 bits per heavy atom. The molecule has 0 aliphatic carbocycles. The van der Waals surface area contributed by atoms with Crippen LogP contribution in [0.4, 0.5) is 4.79 Å². The molecule has 0 saturated heterocycles. The van der Waals surface area contributed by atoms with Gasteiger partial charge >= 0.3 is 6.03 Å². The number of carbonyl (C=O) groups is 1. The number of primary amides is 1. The second-order valence-corrected chi connectivity index (χ2v) is 8.53. The topological polar surface area (TPSA) is 136 Å². The molecule has 9 nitrogen and oxygen atoms in total. The second-order valence-electron chi connectivity index (χ2n) is 4.73. The molecule has 0 aromatic heterocycles. The van der Waals surface area contributed by atoms with Gasteiger partial charge in [-0.25, -0.2) is 27.1 Å². The average Bonchev–Trinajstić information content (AvgIpc) is 2.52. The molecule has 2 aromatic carbocycles. The van der Waals surface area contributed by atoms with Gasteiger partial charge in [0.1, 0.15) is 11.5 Å². The third-order valence-corrected chi connectivity index (χ3v) is 7.09. The number of hydrogen-bond donors (Lipinski definition) is 2. The lowest BCUT2D eigenvalue weighted by molar-refractivity contribution is 0.240. The van der Waals surface area contributed by atoms with Crippen molar-refractivity contribution < 1.29 is 26.4 Å². The predicted octanol–water partition coefficient (Wildman–Crippen LogP) is 0.755. The molecule has 0 fully saturated rings. The third kappa shape index (κ3) is 2.68. The number of amides is 2. The molecule has 4 aliphatic rings. The van der Waals surface area contributed by atoms with Gasteiger partial charge in [0.2, 0.25) is 0 Å². The standard InChI is InChI=1S/C13H11N3O6S2/c14-13(17)15-16-23(18,19)11-5-1-9(2-6-11)22-10-3-7-12(8-4-10)24(16,20)21/h1-8H,(H3,14,15,17). The number of carbonyl (C=O) groups excluding carboxylic acids is 1. The summed E-state index contributed by atoms with van der Waals surface area (Å²) in [6.45, 7) is 0. The van der Waals surface area contributed by atoms with Crippen molar-refractivity contribution in [2.45, 2.75) is 9.79 Å². The number of nitrogens with one attached hydrogen (secondary N) is 1. The maximum absolute atomic E-state index is 12.7. The van der Waals surface area contributed by atoms with E-state index in [0.29, 0.717) is 11.5 Å². The van der Waals surface area contributed by atoms with Crippen LogP contribution in [0.1, 0.15) is 0 Å². The fourth-order valence-electron chi connectivity index (χ4n) is 2.03. The Bertz CT molecular complexity index is 923. The Morgan fingerprint density at radius 1 is 0.833 bits per heavy atom. The van der Waals surface area contributed by atoms with Gasteiger partial charge in [0.05, 0.1) is 9.79 Å². The Morgan fingerprint density at radius 3 is 1.54 bits per heavy atom. The van der Waals surface area contributed by atoms with Crippen molar-refractivity contribution in [2.24, 2.45) is 5.73 Å². The van der Waals surface area contributed by atoms with Crippen LogP contribution in [-0.4, -0.2) is 26.7 Å². The van der Waals surface area contributed by atoms with Crippen molar-refractivity contribution in [1.82, 2.24) is 9.25 Å². The molecule has 4 bridgehead atoms. The second kappa shape index (κ2) is 5.47. The van der Waals surface area contributed by atoms with Crippen molar-refractivity contribution in [3.8, 4) is 11.5 Å². The van der Waals surface area contributed by atoms with Crippen LogP contribution in [0.2, 0.25) is 0 Å². The van der Waals surface area contributed by atoms with Gasteiger partial charge in [0.15, 0.2) is 0 Å². The number of rotatable bonds is 1. The summed E-state index contributed by atoms with van der Waals surface area (Å²) in [4.78, 5) is 10.4. The number of ether oxygens (including phenoxy) is 1. The molecule has 3 N–H and O–H groups in total. The van der Waals surface area contributed by atoms with Gasteiger partial charge < -0.3 is 10.5 Å². The molecular weight excluding hydrogens is 358 g/mol. The Balaban J connectivity index is 2.32. The summed E-state index contributed by atoms with van der Waals surface area (Å²) < 4.78 is 55.9. The summed E-state index contributed by atoms with van der Waals surface area (Å²) in [6.07, 6.45) is 0. The molecule has 0 spiro atoms. The van der Waals surface area contributed by atoms with E-state index in [0.717, 1.165) is 24.3 Å². The molecule has 0 unspecified atom stereocenters. The fraction of sp³-hybridized carbons (Fsp3) is 0. The zero-order valence-electron chi connectivity index (χ0n) is 11.9. The number of hydrazine groups is 1. The Kier molecular flexibility index (Phi) is 3.70. The van der Waals surface area contributed by atoms with Crippen molar-refractivity contribution in [2.75, 3.05) is 0 Å². The van der Waals surface area contributed by atoms with E-state index in [-0.39, 0.29) is 13.6 Å². The van der Waals surface area contributed by atoms with E-state index in [4.69, 9.17) is 10.5 Å². The van der Waals surface area contributed by atoms with E-state index in [1.54, 1.807) is 5.43 Å². The van der Waals surface area contributed by atoms with Gasteiger partial charge in [-0.05, 0) is 48.5 Å². The maximum atomic E-state index is 12.7. The molecule has 11 heteroatoms. The highest BCUT2D eigenvalue weighted by Gasteiger charge is 2.38. The minimum atomic E-state index is -4.62. The van der Waals surface area contributed by atoms with E-state index in [9.17, 15) is 21.6 Å². The molecule has 0 atom stereocenters. The summed E-state index contributed by atoms with van der Waals surface area (Å²) in [5, 5.41) is 0. The van der Waals surface area contributed by atoms with Crippen LogP contribution in [0, 0.1) is 0 Å². The molecule has 4 aliphatic heterocycles. The van der Waals surface area contributed by atoms with Crippen molar-refractivity contribution in [3.05, 3.63) is 48.5 Å². The van der Waals surface area contributed by atoms with Crippen LogP contribution < -0.4 is 15.9 Å². The summed E-state index contributed by atoms with van der Waals surface area (Å²) in [5.41, 5.74) is 6.59. The number of urea groups is 1. The van der Waals surface area contributed by atoms with Gasteiger partial charge in [-0.15, -0.1) is 0 Å². The zero-order valence-corrected chi connectivity index (χ0v) is 13.5. The van der Waals surface area contributed by atoms with Crippen LogP contribution in [0.3, 0.4) is 0 Å². The van der Waals surface area contributed by atoms with Gasteiger partial charge in [0.25, 0.3) is 20.0 Å². The number of nitrogens with zero attached hydrogens (tertiary/aromatic N) is 1. The normalized spacial score (nSPS) is 18.2. The lowest BCUT2D eigenvalue weighted by Crippen LogP contribution is -2.51. The minimum absolute atomic E-state index is 0.144. The zero-order chi connectivity index (χ0) is 17.5. The van der Waals surface area contributed by atoms with E-state index in [2.05, 4.69) is 0 Å². The number of hydrogen-bond acceptors (Lipinski definition) is 6. The van der Waals surface area contributed by atoms with Gasteiger partial charge in [0, 0.05) is 3.82 Å². The number of sulfonamides is 2. The monoisotopic (exact) mass is 369 g/mol. The van der Waals surface area contributed by atoms with Crippen LogP contribution >= 0.6 is 0 Å². The summed E-state index contributed by atoms with van der Waals surface area (Å²) in [5.74, 6) is 0.721. The smallest absolute Gasteiger partial charge is 0.328 e. The number of benzene rings is 2. The van der Waals surface area contributed by atoms with Crippen LogP contribution in [-0.2, 0) is 20.0 Å².